The van der Waals surface area contributed by atoms with Gasteiger partial charge in [-0.3, -0.25) is 0 Å². The van der Waals surface area contributed by atoms with Gasteiger partial charge >= 0.3 is 9.65 Å². The Kier molecular flexibility index (Phi) is 2.73. The van der Waals surface area contributed by atoms with Gasteiger partial charge in [0.15, 0.2) is 0 Å². The van der Waals surface area contributed by atoms with E-state index in [1.807, 2.05) is 0 Å². The molecule has 3 nitrogen and oxygen atoms in total. The molecule has 0 spiro atoms. The molecule has 0 aliphatic heterocycles. The molecule has 0 heterocycles. The first-order valence-electron chi connectivity index (χ1n) is 3.15. The van der Waals surface area contributed by atoms with E-state index in [1.54, 1.807) is 27.7 Å². The van der Waals surface area contributed by atoms with E-state index >= 15 is 0 Å². The Bertz CT molecular complexity index is 125. The van der Waals surface area contributed by atoms with Crippen LogP contribution in [0, 0.1) is 0 Å². The van der Waals surface area contributed by atoms with Gasteiger partial charge in [-0.2, -0.15) is 0 Å². The highest BCUT2D eigenvalue weighted by Gasteiger charge is 2.36. The van der Waals surface area contributed by atoms with Crippen molar-refractivity contribution in [2.45, 2.75) is 38.9 Å². The van der Waals surface area contributed by atoms with Crippen LogP contribution in [0.15, 0.2) is 0 Å². The normalized spacial score (nSPS) is 12.9. The number of hydrogen-bond donors (Lipinski definition) is 1. The van der Waals surface area contributed by atoms with Gasteiger partial charge in [0.05, 0.1) is 5.60 Å². The van der Waals surface area contributed by atoms with E-state index in [0.29, 0.717) is 0 Å². The summed E-state index contributed by atoms with van der Waals surface area (Å²) in [5, 5.41) is 9.43. The van der Waals surface area contributed by atoms with Gasteiger partial charge in [-0.15, -0.1) is 0 Å². The predicted octanol–water partition coefficient (Wildman–Crippen LogP) is 0.249. The second kappa shape index (κ2) is 2.80. The first kappa shape index (κ1) is 9.78. The van der Waals surface area contributed by atoms with E-state index in [2.05, 4.69) is 0 Å². The minimum Gasteiger partial charge on any atom is -0.518 e. The van der Waals surface area contributed by atoms with Gasteiger partial charge in [0.1, 0.15) is 5.60 Å². The smallest absolute Gasteiger partial charge is 0.487 e. The fraction of sp³-hybridized carbons (Fsp3) is 1.00. The van der Waals surface area contributed by atoms with E-state index < -0.39 is 20.9 Å². The van der Waals surface area contributed by atoms with Crippen LogP contribution in [-0.4, -0.2) is 26.0 Å². The van der Waals surface area contributed by atoms with Gasteiger partial charge in [-0.25, -0.2) is 0 Å². The summed E-state index contributed by atoms with van der Waals surface area (Å²) in [4.78, 5) is 0. The molecule has 0 aromatic heterocycles. The molecule has 0 radical (unpaired) electrons. The Morgan fingerprint density at radius 1 is 1.30 bits per heavy atom. The lowest BCUT2D eigenvalue weighted by molar-refractivity contribution is -0.0919. The molecule has 0 fully saturated rings. The molecule has 0 aromatic rings. The van der Waals surface area contributed by atoms with Crippen LogP contribution in [0.5, 0.6) is 0 Å². The van der Waals surface area contributed by atoms with Crippen LogP contribution in [0.4, 0.5) is 0 Å². The monoisotopic (exact) mass is 162 g/mol. The summed E-state index contributed by atoms with van der Waals surface area (Å²) in [5.74, 6) is 0. The first-order valence-corrected chi connectivity index (χ1v) is 4.09. The summed E-state index contributed by atoms with van der Waals surface area (Å²) in [6, 6.07) is 0. The molecule has 0 aromatic carbocycles. The predicted molar refractivity (Wildman–Crippen MR) is 39.3 cm³/mol. The van der Waals surface area contributed by atoms with Crippen LogP contribution < -0.4 is 0 Å². The average molecular weight is 162 g/mol. The molecule has 0 aliphatic rings. The van der Waals surface area contributed by atoms with Crippen molar-refractivity contribution in [3.05, 3.63) is 0 Å². The number of aliphatic hydroxyl groups is 1. The molecule has 0 aliphatic carbocycles. The van der Waals surface area contributed by atoms with Crippen LogP contribution >= 0.6 is 0 Å². The molecule has 60 valence electrons. The van der Waals surface area contributed by atoms with Crippen molar-refractivity contribution in [1.82, 2.24) is 0 Å². The highest BCUT2D eigenvalue weighted by molar-refractivity contribution is 6.07. The van der Waals surface area contributed by atoms with Gasteiger partial charge in [-0.05, 0) is 27.7 Å². The maximum atomic E-state index is 10.1. The molecular weight excluding hydrogens is 148 g/mol. The van der Waals surface area contributed by atoms with Crippen LogP contribution in [-0.2, 0) is 8.89 Å². The van der Waals surface area contributed by atoms with Crippen molar-refractivity contribution in [1.29, 1.82) is 0 Å². The fourth-order valence-electron chi connectivity index (χ4n) is 0.264. The zero-order chi connectivity index (χ0) is 8.41. The molecule has 0 saturated heterocycles. The third-order valence-corrected chi connectivity index (χ3v) is 2.50. The first-order chi connectivity index (χ1) is 4.31. The summed E-state index contributed by atoms with van der Waals surface area (Å²) in [7, 11) is -1.25. The zero-order valence-electron chi connectivity index (χ0n) is 6.84. The third kappa shape index (κ3) is 2.19. The zero-order valence-corrected chi connectivity index (χ0v) is 8.00. The largest absolute Gasteiger partial charge is 0.518 e. The summed E-state index contributed by atoms with van der Waals surface area (Å²) in [5.41, 5.74) is -1.69. The quantitative estimate of drug-likeness (QED) is 0.605. The minimum absolute atomic E-state index is 0.732. The van der Waals surface area contributed by atoms with E-state index in [1.165, 1.54) is 0 Å². The molecular formula is C6H14O3Si. The summed E-state index contributed by atoms with van der Waals surface area (Å²) >= 11 is 0. The Balaban J connectivity index is 4.23. The maximum absolute atomic E-state index is 10.1. The summed E-state index contributed by atoms with van der Waals surface area (Å²) < 4.78 is 15.0. The van der Waals surface area contributed by atoms with Crippen LogP contribution in [0.25, 0.3) is 0 Å². The van der Waals surface area contributed by atoms with E-state index in [4.69, 9.17) is 4.43 Å². The molecule has 0 amide bonds. The Hall–Kier alpha value is -0.223. The standard InChI is InChI=1S/C6H14O3Si/c1-5(2,7)6(3,4)9-10-8/h7,10H,1-4H3. The Labute approximate surface area is 63.4 Å². The molecule has 4 heteroatoms. The SMILES string of the molecule is CC(C)(O)C(C)(C)O[SiH]=O. The fourth-order valence-corrected chi connectivity index (χ4v) is 0.793. The minimum atomic E-state index is -1.25. The van der Waals surface area contributed by atoms with Crippen LogP contribution in [0.2, 0.25) is 0 Å². The molecule has 0 bridgehead atoms. The third-order valence-electron chi connectivity index (χ3n) is 1.82. The van der Waals surface area contributed by atoms with Crippen LogP contribution in [0.3, 0.4) is 0 Å². The van der Waals surface area contributed by atoms with E-state index in [9.17, 15) is 9.57 Å². The van der Waals surface area contributed by atoms with E-state index in [-0.39, 0.29) is 0 Å². The summed E-state index contributed by atoms with van der Waals surface area (Å²) in [6.07, 6.45) is 0. The van der Waals surface area contributed by atoms with Gasteiger partial charge in [0.25, 0.3) is 0 Å². The topological polar surface area (TPSA) is 46.5 Å². The second-order valence-electron chi connectivity index (χ2n) is 3.28. The molecule has 0 atom stereocenters. The van der Waals surface area contributed by atoms with Crippen LogP contribution in [0.1, 0.15) is 27.7 Å². The Morgan fingerprint density at radius 2 is 1.70 bits per heavy atom. The average Bonchev–Trinajstić information content (AvgIpc) is 1.61. The maximum Gasteiger partial charge on any atom is 0.487 e. The van der Waals surface area contributed by atoms with Crippen molar-refractivity contribution in [3.63, 3.8) is 0 Å². The van der Waals surface area contributed by atoms with Gasteiger partial charge in [0.2, 0.25) is 0 Å². The molecule has 0 rings (SSSR count). The highest BCUT2D eigenvalue weighted by atomic mass is 28.2. The Morgan fingerprint density at radius 3 is 1.80 bits per heavy atom. The number of hydrogen-bond acceptors (Lipinski definition) is 3. The lowest BCUT2D eigenvalue weighted by Crippen LogP contribution is -2.47. The lowest BCUT2D eigenvalue weighted by Gasteiger charge is -2.35. The van der Waals surface area contributed by atoms with Crippen molar-refractivity contribution < 1.29 is 14.0 Å². The van der Waals surface area contributed by atoms with Gasteiger partial charge in [0, 0.05) is 0 Å². The van der Waals surface area contributed by atoms with Crippen molar-refractivity contribution in [2.75, 3.05) is 0 Å². The molecule has 1 N–H and O–H groups in total. The van der Waals surface area contributed by atoms with Gasteiger partial charge < -0.3 is 14.0 Å². The van der Waals surface area contributed by atoms with Crippen molar-refractivity contribution >= 4 is 9.65 Å². The van der Waals surface area contributed by atoms with Gasteiger partial charge in [-0.1, -0.05) is 0 Å². The second-order valence-corrected chi connectivity index (χ2v) is 3.71. The van der Waals surface area contributed by atoms with Crippen molar-refractivity contribution in [2.24, 2.45) is 0 Å². The van der Waals surface area contributed by atoms with Crippen molar-refractivity contribution in [3.8, 4) is 0 Å². The summed E-state index contributed by atoms with van der Waals surface area (Å²) in [6.45, 7) is 6.67. The highest BCUT2D eigenvalue weighted by Crippen LogP contribution is 2.23. The molecule has 0 unspecified atom stereocenters. The number of rotatable bonds is 3. The lowest BCUT2D eigenvalue weighted by atomic mass is 9.90. The molecule has 0 saturated carbocycles. The molecule has 10 heavy (non-hydrogen) atoms. The van der Waals surface area contributed by atoms with E-state index in [0.717, 1.165) is 0 Å².